The molecule has 1 aromatic heterocycles. The average Bonchev–Trinajstić information content (AvgIpc) is 3.70. The lowest BCUT2D eigenvalue weighted by atomic mass is 9.80. The Morgan fingerprint density at radius 1 is 0.375 bits per heavy atom. The largest absolute Gasteiger partial charge is 0.504 e. The molecule has 0 radical (unpaired) electrons. The van der Waals surface area contributed by atoms with Crippen LogP contribution in [0.3, 0.4) is 0 Å². The Morgan fingerprint density at radius 2 is 0.839 bits per heavy atom. The van der Waals surface area contributed by atoms with E-state index in [0.29, 0.717) is 11.1 Å². The lowest BCUT2D eigenvalue weighted by molar-refractivity contribution is 0.350. The Bertz CT molecular complexity index is 3110. The average molecular weight is 741 g/mol. The molecule has 0 aliphatic heterocycles. The standard InChI is InChI=1S/C47H32O9/c1-47(2)29-9-5-3-7-25(29)26-17-15-24(20-30(26)47)34-37-35(39(48)43(52)45(54)41(37)50)33(36-38(34)42(51)46(55)44(53)40(36)49)22-13-11-21(12-14-22)23-16-18-32-28(19-23)27-8-4-6-10-31(27)56-32/h3-20,48-55H,1-2H3. The van der Waals surface area contributed by atoms with Crippen LogP contribution in [0.1, 0.15) is 25.0 Å². The minimum atomic E-state index is -1.02. The summed E-state index contributed by atoms with van der Waals surface area (Å²) in [4.78, 5) is 0. The van der Waals surface area contributed by atoms with E-state index in [9.17, 15) is 40.9 Å². The van der Waals surface area contributed by atoms with E-state index in [-0.39, 0.29) is 32.7 Å². The summed E-state index contributed by atoms with van der Waals surface area (Å²) in [6.07, 6.45) is 0. The zero-order valence-electron chi connectivity index (χ0n) is 29.9. The molecule has 8 aromatic carbocycles. The van der Waals surface area contributed by atoms with E-state index in [1.54, 1.807) is 30.3 Å². The molecule has 9 heteroatoms. The number of fused-ring (bicyclic) bond motifs is 8. The molecule has 0 bridgehead atoms. The first kappa shape index (κ1) is 33.1. The van der Waals surface area contributed by atoms with Crippen LogP contribution in [-0.4, -0.2) is 40.9 Å². The van der Waals surface area contributed by atoms with Crippen LogP contribution in [0.25, 0.3) is 88.0 Å². The van der Waals surface area contributed by atoms with Crippen LogP contribution in [0.4, 0.5) is 0 Å². The van der Waals surface area contributed by atoms with Crippen molar-refractivity contribution in [1.82, 2.24) is 0 Å². The lowest BCUT2D eigenvalue weighted by Gasteiger charge is -2.24. The molecule has 1 heterocycles. The Hall–Kier alpha value is -7.52. The molecule has 0 saturated heterocycles. The monoisotopic (exact) mass is 740 g/mol. The van der Waals surface area contributed by atoms with Crippen molar-refractivity contribution in [3.63, 3.8) is 0 Å². The van der Waals surface area contributed by atoms with Crippen LogP contribution >= 0.6 is 0 Å². The number of rotatable bonds is 3. The van der Waals surface area contributed by atoms with Crippen molar-refractivity contribution in [3.05, 3.63) is 120 Å². The van der Waals surface area contributed by atoms with Gasteiger partial charge in [-0.2, -0.15) is 0 Å². The van der Waals surface area contributed by atoms with Crippen molar-refractivity contribution in [2.45, 2.75) is 19.3 Å². The van der Waals surface area contributed by atoms with E-state index >= 15 is 0 Å². The number of hydrogen-bond donors (Lipinski definition) is 8. The first-order valence-corrected chi connectivity index (χ1v) is 17.9. The molecule has 9 aromatic rings. The molecule has 8 N–H and O–H groups in total. The SMILES string of the molecule is CC1(C)c2ccccc2-c2ccc(-c3c4c(O)c(O)c(O)c(O)c4c(-c4ccc(-c5ccc6oc7ccccc7c6c5)cc4)c4c(O)c(O)c(O)c(O)c34)cc21. The molecule has 0 fully saturated rings. The van der Waals surface area contributed by atoms with Crippen LogP contribution in [0.15, 0.2) is 114 Å². The van der Waals surface area contributed by atoms with Gasteiger partial charge in [-0.3, -0.25) is 0 Å². The lowest BCUT2D eigenvalue weighted by Crippen LogP contribution is -2.14. The summed E-state index contributed by atoms with van der Waals surface area (Å²) in [6.45, 7) is 4.14. The van der Waals surface area contributed by atoms with Crippen molar-refractivity contribution >= 4 is 43.5 Å². The molecule has 1 aliphatic carbocycles. The van der Waals surface area contributed by atoms with Gasteiger partial charge in [0.05, 0.1) is 0 Å². The Balaban J connectivity index is 1.28. The molecule has 0 saturated carbocycles. The van der Waals surface area contributed by atoms with Crippen LogP contribution < -0.4 is 0 Å². The van der Waals surface area contributed by atoms with Gasteiger partial charge in [0.2, 0.25) is 23.0 Å². The Labute approximate surface area is 318 Å². The molecule has 56 heavy (non-hydrogen) atoms. The van der Waals surface area contributed by atoms with Gasteiger partial charge in [-0.1, -0.05) is 98.8 Å². The fraction of sp³-hybridized carbons (Fsp3) is 0.0638. The van der Waals surface area contributed by atoms with E-state index in [0.717, 1.165) is 55.3 Å². The molecule has 0 atom stereocenters. The number of phenols is 8. The first-order valence-electron chi connectivity index (χ1n) is 17.9. The number of benzene rings is 8. The summed E-state index contributed by atoms with van der Waals surface area (Å²) in [5.74, 6) is -7.35. The second-order valence-electron chi connectivity index (χ2n) is 14.9. The van der Waals surface area contributed by atoms with E-state index in [1.165, 1.54) is 0 Å². The number of furan rings is 1. The second-order valence-corrected chi connectivity index (χ2v) is 14.9. The number of para-hydroxylation sites is 1. The maximum Gasteiger partial charge on any atom is 0.204 e. The molecular formula is C47H32O9. The van der Waals surface area contributed by atoms with E-state index in [4.69, 9.17) is 4.42 Å². The zero-order valence-corrected chi connectivity index (χ0v) is 29.9. The van der Waals surface area contributed by atoms with Crippen LogP contribution in [0.2, 0.25) is 0 Å². The smallest absolute Gasteiger partial charge is 0.204 e. The van der Waals surface area contributed by atoms with Gasteiger partial charge in [-0.05, 0) is 68.8 Å². The molecule has 274 valence electrons. The van der Waals surface area contributed by atoms with Gasteiger partial charge in [0.15, 0.2) is 23.0 Å². The maximum atomic E-state index is 11.7. The summed E-state index contributed by atoms with van der Waals surface area (Å²) in [6, 6.07) is 34.0. The quantitative estimate of drug-likeness (QED) is 0.0498. The third kappa shape index (κ3) is 4.25. The van der Waals surface area contributed by atoms with Gasteiger partial charge >= 0.3 is 0 Å². The van der Waals surface area contributed by atoms with Gasteiger partial charge in [-0.15, -0.1) is 0 Å². The molecule has 9 nitrogen and oxygen atoms in total. The van der Waals surface area contributed by atoms with Gasteiger partial charge in [0.1, 0.15) is 11.2 Å². The highest BCUT2D eigenvalue weighted by atomic mass is 16.4. The summed E-state index contributed by atoms with van der Waals surface area (Å²) in [5, 5.41) is 91.9. The highest BCUT2D eigenvalue weighted by Crippen LogP contribution is 2.62. The summed E-state index contributed by atoms with van der Waals surface area (Å²) in [5.41, 5.74) is 7.37. The van der Waals surface area contributed by atoms with E-state index < -0.39 is 51.4 Å². The van der Waals surface area contributed by atoms with Gasteiger partial charge in [0.25, 0.3) is 0 Å². The van der Waals surface area contributed by atoms with Gasteiger partial charge in [0, 0.05) is 48.9 Å². The Kier molecular flexibility index (Phi) is 6.65. The maximum absolute atomic E-state index is 11.7. The molecule has 1 aliphatic rings. The minimum absolute atomic E-state index is 0.0109. The molecular weight excluding hydrogens is 709 g/mol. The van der Waals surface area contributed by atoms with E-state index in [1.807, 2.05) is 78.9 Å². The van der Waals surface area contributed by atoms with Crippen LogP contribution in [0.5, 0.6) is 46.0 Å². The molecule has 0 unspecified atom stereocenters. The summed E-state index contributed by atoms with van der Waals surface area (Å²) >= 11 is 0. The van der Waals surface area contributed by atoms with Crippen molar-refractivity contribution in [2.24, 2.45) is 0 Å². The summed E-state index contributed by atoms with van der Waals surface area (Å²) < 4.78 is 6.00. The number of phenolic OH excluding ortho intramolecular Hbond substituents is 8. The minimum Gasteiger partial charge on any atom is -0.504 e. The fourth-order valence-electron chi connectivity index (χ4n) is 8.79. The molecule has 10 rings (SSSR count). The molecule has 0 amide bonds. The predicted octanol–water partition coefficient (Wildman–Crippen LogP) is 10.8. The van der Waals surface area contributed by atoms with Crippen molar-refractivity contribution in [3.8, 4) is 90.5 Å². The van der Waals surface area contributed by atoms with Gasteiger partial charge in [-0.25, -0.2) is 0 Å². The predicted molar refractivity (Wildman–Crippen MR) is 216 cm³/mol. The van der Waals surface area contributed by atoms with Crippen molar-refractivity contribution in [2.75, 3.05) is 0 Å². The third-order valence-electron chi connectivity index (χ3n) is 11.5. The van der Waals surface area contributed by atoms with Crippen LogP contribution in [0, 0.1) is 0 Å². The molecule has 0 spiro atoms. The number of aromatic hydroxyl groups is 8. The van der Waals surface area contributed by atoms with Crippen LogP contribution in [-0.2, 0) is 5.41 Å². The zero-order chi connectivity index (χ0) is 38.9. The fourth-order valence-corrected chi connectivity index (χ4v) is 8.79. The summed E-state index contributed by atoms with van der Waals surface area (Å²) in [7, 11) is 0. The Morgan fingerprint density at radius 3 is 1.46 bits per heavy atom. The highest BCUT2D eigenvalue weighted by molar-refractivity contribution is 6.29. The van der Waals surface area contributed by atoms with Gasteiger partial charge < -0.3 is 45.3 Å². The third-order valence-corrected chi connectivity index (χ3v) is 11.5. The normalized spacial score (nSPS) is 13.2. The first-order chi connectivity index (χ1) is 26.9. The topological polar surface area (TPSA) is 175 Å². The number of hydrogen-bond acceptors (Lipinski definition) is 9. The highest BCUT2D eigenvalue weighted by Gasteiger charge is 2.37. The van der Waals surface area contributed by atoms with Crippen molar-refractivity contribution in [1.29, 1.82) is 0 Å². The van der Waals surface area contributed by atoms with Crippen molar-refractivity contribution < 1.29 is 45.3 Å². The van der Waals surface area contributed by atoms with E-state index in [2.05, 4.69) is 13.8 Å². The second kappa shape index (κ2) is 11.3.